The Labute approximate surface area is 171 Å². The molecule has 0 saturated carbocycles. The Morgan fingerprint density at radius 2 is 1.52 bits per heavy atom. The number of benzene rings is 2. The summed E-state index contributed by atoms with van der Waals surface area (Å²) in [5.41, 5.74) is 8.12. The summed E-state index contributed by atoms with van der Waals surface area (Å²) in [5, 5.41) is 4.61. The van der Waals surface area contributed by atoms with Crippen LogP contribution in [0.5, 0.6) is 0 Å². The summed E-state index contributed by atoms with van der Waals surface area (Å²) in [6.07, 6.45) is 0. The number of hydrogen-bond acceptors (Lipinski definition) is 6. The molecule has 0 spiro atoms. The Kier molecular flexibility index (Phi) is 6.08. The van der Waals surface area contributed by atoms with E-state index in [0.717, 1.165) is 24.5 Å². The van der Waals surface area contributed by atoms with Gasteiger partial charge in [-0.15, -0.1) is 5.06 Å². The van der Waals surface area contributed by atoms with E-state index in [1.807, 2.05) is 45.0 Å². The van der Waals surface area contributed by atoms with Crippen LogP contribution in [0.15, 0.2) is 48.5 Å². The molecule has 1 aliphatic heterocycles. The second-order valence-electron chi connectivity index (χ2n) is 8.17. The molecule has 0 atom stereocenters. The van der Waals surface area contributed by atoms with E-state index in [1.165, 1.54) is 0 Å². The van der Waals surface area contributed by atoms with Gasteiger partial charge in [-0.3, -0.25) is 4.79 Å². The molecule has 3 N–H and O–H groups in total. The van der Waals surface area contributed by atoms with Crippen LogP contribution in [0.25, 0.3) is 0 Å². The third kappa shape index (κ3) is 5.48. The molecule has 0 aliphatic carbocycles. The van der Waals surface area contributed by atoms with E-state index in [4.69, 9.17) is 10.6 Å². The second kappa shape index (κ2) is 8.53. The van der Waals surface area contributed by atoms with Crippen LogP contribution in [0.2, 0.25) is 0 Å². The van der Waals surface area contributed by atoms with Crippen LogP contribution in [-0.4, -0.2) is 43.1 Å². The molecule has 1 saturated heterocycles. The highest BCUT2D eigenvalue weighted by Crippen LogP contribution is 2.21. The molecule has 3 rings (SSSR count). The number of nitrogens with two attached hydrogens (primary N) is 1. The van der Waals surface area contributed by atoms with Gasteiger partial charge in [0, 0.05) is 35.7 Å². The number of hydroxylamine groups is 2. The third-order valence-electron chi connectivity index (χ3n) is 4.73. The van der Waals surface area contributed by atoms with Gasteiger partial charge < -0.3 is 20.8 Å². The van der Waals surface area contributed by atoms with E-state index in [9.17, 15) is 9.59 Å². The number of hydrogen-bond donors (Lipinski definition) is 2. The lowest BCUT2D eigenvalue weighted by Gasteiger charge is -2.35. The minimum absolute atomic E-state index is 0.174. The van der Waals surface area contributed by atoms with E-state index in [1.54, 1.807) is 29.3 Å². The summed E-state index contributed by atoms with van der Waals surface area (Å²) in [6.45, 7) is 8.36. The molecule has 2 aromatic rings. The van der Waals surface area contributed by atoms with Gasteiger partial charge in [0.05, 0.1) is 18.5 Å². The van der Waals surface area contributed by atoms with Crippen molar-refractivity contribution in [3.8, 4) is 0 Å². The van der Waals surface area contributed by atoms with Crippen molar-refractivity contribution < 1.29 is 14.4 Å². The molecule has 0 radical (unpaired) electrons. The maximum Gasteiger partial charge on any atom is 0.330 e. The van der Waals surface area contributed by atoms with Crippen LogP contribution in [0.3, 0.4) is 0 Å². The summed E-state index contributed by atoms with van der Waals surface area (Å²) in [7, 11) is 0. The van der Waals surface area contributed by atoms with E-state index >= 15 is 0 Å². The monoisotopic (exact) mass is 396 g/mol. The van der Waals surface area contributed by atoms with E-state index in [0.29, 0.717) is 24.3 Å². The second-order valence-corrected chi connectivity index (χ2v) is 8.17. The number of carbonyl (C=O) groups is 2. The van der Waals surface area contributed by atoms with Crippen LogP contribution in [0.1, 0.15) is 31.1 Å². The number of anilines is 3. The lowest BCUT2D eigenvalue weighted by Crippen LogP contribution is -2.48. The zero-order valence-corrected chi connectivity index (χ0v) is 17.1. The van der Waals surface area contributed by atoms with Crippen LogP contribution >= 0.6 is 0 Å². The van der Waals surface area contributed by atoms with Crippen LogP contribution in [-0.2, 0) is 9.63 Å². The highest BCUT2D eigenvalue weighted by Gasteiger charge is 2.27. The van der Waals surface area contributed by atoms with E-state index in [-0.39, 0.29) is 11.9 Å². The smallest absolute Gasteiger partial charge is 0.330 e. The van der Waals surface area contributed by atoms with Crippen molar-refractivity contribution in [3.05, 3.63) is 54.1 Å². The van der Waals surface area contributed by atoms with Crippen LogP contribution in [0.4, 0.5) is 17.1 Å². The van der Waals surface area contributed by atoms with Gasteiger partial charge in [0.25, 0.3) is 5.91 Å². The Bertz CT molecular complexity index is 849. The standard InChI is InChI=1S/C22H28N4O3/c1-22(2,3)21(28)29-26-14-12-25(13-15-26)19-10-8-18(9-11-19)24-20(27)16-4-6-17(23)7-5-16/h4-11H,12-15,23H2,1-3H3,(H,24,27). The molecule has 1 heterocycles. The highest BCUT2D eigenvalue weighted by atomic mass is 16.7. The molecule has 1 fully saturated rings. The number of nitrogens with one attached hydrogen (secondary N) is 1. The molecule has 154 valence electrons. The number of rotatable bonds is 4. The topological polar surface area (TPSA) is 87.9 Å². The lowest BCUT2D eigenvalue weighted by atomic mass is 9.98. The molecule has 0 unspecified atom stereocenters. The van der Waals surface area contributed by atoms with Gasteiger partial charge in [-0.25, -0.2) is 4.79 Å². The lowest BCUT2D eigenvalue weighted by molar-refractivity contribution is -0.201. The molecule has 7 heteroatoms. The Morgan fingerprint density at radius 1 is 0.931 bits per heavy atom. The zero-order valence-electron chi connectivity index (χ0n) is 17.1. The van der Waals surface area contributed by atoms with Crippen molar-refractivity contribution in [2.24, 2.45) is 5.41 Å². The fourth-order valence-corrected chi connectivity index (χ4v) is 2.89. The number of amides is 1. The number of nitrogens with zero attached hydrogens (tertiary/aromatic N) is 2. The van der Waals surface area contributed by atoms with Gasteiger partial charge in [0.1, 0.15) is 0 Å². The fraction of sp³-hybridized carbons (Fsp3) is 0.364. The van der Waals surface area contributed by atoms with Crippen molar-refractivity contribution in [2.45, 2.75) is 20.8 Å². The van der Waals surface area contributed by atoms with E-state index in [2.05, 4.69) is 10.2 Å². The minimum Gasteiger partial charge on any atom is -0.399 e. The number of piperazine rings is 1. The van der Waals surface area contributed by atoms with Crippen molar-refractivity contribution in [1.82, 2.24) is 5.06 Å². The molecule has 7 nitrogen and oxygen atoms in total. The molecular formula is C22H28N4O3. The SMILES string of the molecule is CC(C)(C)C(=O)ON1CCN(c2ccc(NC(=O)c3ccc(N)cc3)cc2)CC1. The number of carbonyl (C=O) groups excluding carboxylic acids is 2. The van der Waals surface area contributed by atoms with Gasteiger partial charge in [-0.05, 0) is 69.3 Å². The Morgan fingerprint density at radius 3 is 2.07 bits per heavy atom. The first-order valence-electron chi connectivity index (χ1n) is 9.71. The number of nitrogen functional groups attached to an aromatic ring is 1. The average Bonchev–Trinajstić information content (AvgIpc) is 2.69. The quantitative estimate of drug-likeness (QED) is 0.772. The molecule has 2 aromatic carbocycles. The molecule has 1 aliphatic rings. The summed E-state index contributed by atoms with van der Waals surface area (Å²) in [4.78, 5) is 32.0. The predicted octanol–water partition coefficient (Wildman–Crippen LogP) is 3.15. The summed E-state index contributed by atoms with van der Waals surface area (Å²) >= 11 is 0. The van der Waals surface area contributed by atoms with Crippen LogP contribution in [0, 0.1) is 5.41 Å². The molecule has 0 aromatic heterocycles. The highest BCUT2D eigenvalue weighted by molar-refractivity contribution is 6.04. The third-order valence-corrected chi connectivity index (χ3v) is 4.73. The molecule has 1 amide bonds. The van der Waals surface area contributed by atoms with Gasteiger partial charge in [-0.2, -0.15) is 0 Å². The van der Waals surface area contributed by atoms with Gasteiger partial charge in [-0.1, -0.05) is 0 Å². The van der Waals surface area contributed by atoms with Crippen molar-refractivity contribution >= 4 is 28.9 Å². The summed E-state index contributed by atoms with van der Waals surface area (Å²) in [5.74, 6) is -0.390. The first-order valence-corrected chi connectivity index (χ1v) is 9.71. The van der Waals surface area contributed by atoms with Gasteiger partial charge in [0.2, 0.25) is 0 Å². The zero-order chi connectivity index (χ0) is 21.0. The molecule has 29 heavy (non-hydrogen) atoms. The Hall–Kier alpha value is -3.06. The Balaban J connectivity index is 1.52. The first kappa shape index (κ1) is 20.7. The maximum atomic E-state index is 12.3. The fourth-order valence-electron chi connectivity index (χ4n) is 2.89. The van der Waals surface area contributed by atoms with Crippen molar-refractivity contribution in [2.75, 3.05) is 42.1 Å². The first-order chi connectivity index (χ1) is 13.7. The average molecular weight is 396 g/mol. The molecule has 0 bridgehead atoms. The van der Waals surface area contributed by atoms with E-state index < -0.39 is 5.41 Å². The summed E-state index contributed by atoms with van der Waals surface area (Å²) in [6, 6.07) is 14.5. The van der Waals surface area contributed by atoms with Gasteiger partial charge in [0.15, 0.2) is 0 Å². The van der Waals surface area contributed by atoms with Crippen LogP contribution < -0.4 is 16.0 Å². The van der Waals surface area contributed by atoms with Gasteiger partial charge >= 0.3 is 5.97 Å². The summed E-state index contributed by atoms with van der Waals surface area (Å²) < 4.78 is 0. The molecular weight excluding hydrogens is 368 g/mol. The predicted molar refractivity (Wildman–Crippen MR) is 115 cm³/mol. The largest absolute Gasteiger partial charge is 0.399 e. The maximum absolute atomic E-state index is 12.3. The minimum atomic E-state index is -0.510. The normalized spacial score (nSPS) is 15.1. The van der Waals surface area contributed by atoms with Crippen molar-refractivity contribution in [1.29, 1.82) is 0 Å². The van der Waals surface area contributed by atoms with Crippen molar-refractivity contribution in [3.63, 3.8) is 0 Å².